The number of rotatable bonds is 7. The Bertz CT molecular complexity index is 235. The summed E-state index contributed by atoms with van der Waals surface area (Å²) in [7, 11) is -0.640. The molecular weight excluding hydrogens is 232 g/mol. The summed E-state index contributed by atoms with van der Waals surface area (Å²) in [5, 5.41) is 3.59. The van der Waals surface area contributed by atoms with Gasteiger partial charge in [-0.2, -0.15) is 0 Å². The lowest BCUT2D eigenvalue weighted by Gasteiger charge is -2.35. The summed E-state index contributed by atoms with van der Waals surface area (Å²) >= 11 is 0. The fourth-order valence-electron chi connectivity index (χ4n) is 2.56. The van der Waals surface area contributed by atoms with Gasteiger partial charge in [0.1, 0.15) is 0 Å². The maximum absolute atomic E-state index is 10.9. The Labute approximate surface area is 109 Å². The second-order valence-electron chi connectivity index (χ2n) is 5.17. The monoisotopic (exact) mass is 260 g/mol. The lowest BCUT2D eigenvalue weighted by Crippen LogP contribution is -2.44. The van der Waals surface area contributed by atoms with Crippen LogP contribution in [0.4, 0.5) is 0 Å². The fraction of sp³-hybridized carbons (Fsp3) is 1.00. The van der Waals surface area contributed by atoms with E-state index in [1.165, 1.54) is 32.5 Å². The second-order valence-corrected chi connectivity index (χ2v) is 6.72. The van der Waals surface area contributed by atoms with E-state index in [9.17, 15) is 4.21 Å². The number of hydrogen-bond donors (Lipinski definition) is 1. The smallest absolute Gasteiger partial charge is 0.0244 e. The summed E-state index contributed by atoms with van der Waals surface area (Å²) in [5.41, 5.74) is 0. The van der Waals surface area contributed by atoms with Crippen LogP contribution in [0.1, 0.15) is 33.1 Å². The highest BCUT2D eigenvalue weighted by Gasteiger charge is 2.23. The van der Waals surface area contributed by atoms with E-state index in [0.717, 1.165) is 24.6 Å². The van der Waals surface area contributed by atoms with Crippen molar-refractivity contribution in [2.24, 2.45) is 5.92 Å². The first-order valence-electron chi connectivity index (χ1n) is 6.89. The number of nitrogens with zero attached hydrogens (tertiary/aromatic N) is 1. The number of piperidine rings is 1. The average Bonchev–Trinajstić information content (AvgIpc) is 2.34. The van der Waals surface area contributed by atoms with E-state index in [4.69, 9.17) is 0 Å². The van der Waals surface area contributed by atoms with Gasteiger partial charge in [0.05, 0.1) is 0 Å². The van der Waals surface area contributed by atoms with Crippen LogP contribution in [0.15, 0.2) is 0 Å². The minimum atomic E-state index is -0.640. The SMILES string of the molecule is CCN1CCCC(C(C)NCCCS(C)=O)C1. The third kappa shape index (κ3) is 5.98. The van der Waals surface area contributed by atoms with Gasteiger partial charge in [-0.15, -0.1) is 0 Å². The highest BCUT2D eigenvalue weighted by atomic mass is 32.2. The van der Waals surface area contributed by atoms with Gasteiger partial charge in [0.25, 0.3) is 0 Å². The van der Waals surface area contributed by atoms with E-state index in [0.29, 0.717) is 6.04 Å². The molecule has 3 unspecified atom stereocenters. The van der Waals surface area contributed by atoms with Gasteiger partial charge in [0, 0.05) is 35.4 Å². The van der Waals surface area contributed by atoms with Crippen molar-refractivity contribution in [1.82, 2.24) is 10.2 Å². The van der Waals surface area contributed by atoms with Crippen LogP contribution in [-0.4, -0.2) is 53.3 Å². The summed E-state index contributed by atoms with van der Waals surface area (Å²) in [6.45, 7) is 9.24. The van der Waals surface area contributed by atoms with Gasteiger partial charge in [0.15, 0.2) is 0 Å². The molecule has 102 valence electrons. The summed E-state index contributed by atoms with van der Waals surface area (Å²) in [5.74, 6) is 1.61. The zero-order valence-corrected chi connectivity index (χ0v) is 12.4. The first kappa shape index (κ1) is 15.1. The molecule has 0 aliphatic carbocycles. The minimum absolute atomic E-state index is 0.592. The Balaban J connectivity index is 2.17. The quantitative estimate of drug-likeness (QED) is 0.704. The molecule has 3 nitrogen and oxygen atoms in total. The molecule has 0 spiro atoms. The zero-order chi connectivity index (χ0) is 12.7. The van der Waals surface area contributed by atoms with Crippen molar-refractivity contribution in [1.29, 1.82) is 0 Å². The highest BCUT2D eigenvalue weighted by molar-refractivity contribution is 7.84. The number of nitrogens with one attached hydrogen (secondary N) is 1. The maximum Gasteiger partial charge on any atom is 0.0244 e. The summed E-state index contributed by atoms with van der Waals surface area (Å²) in [6.07, 6.45) is 5.50. The molecule has 1 rings (SSSR count). The van der Waals surface area contributed by atoms with Crippen molar-refractivity contribution in [2.75, 3.05) is 38.2 Å². The number of hydrogen-bond acceptors (Lipinski definition) is 3. The predicted molar refractivity (Wildman–Crippen MR) is 75.9 cm³/mol. The molecule has 1 aliphatic rings. The van der Waals surface area contributed by atoms with E-state index in [-0.39, 0.29) is 0 Å². The van der Waals surface area contributed by atoms with E-state index >= 15 is 0 Å². The van der Waals surface area contributed by atoms with Crippen molar-refractivity contribution < 1.29 is 4.21 Å². The zero-order valence-electron chi connectivity index (χ0n) is 11.6. The van der Waals surface area contributed by atoms with Gasteiger partial charge in [-0.05, 0) is 51.7 Å². The first-order chi connectivity index (χ1) is 8.13. The Morgan fingerprint density at radius 2 is 2.29 bits per heavy atom. The molecule has 0 saturated carbocycles. The third-order valence-corrected chi connectivity index (χ3v) is 4.63. The van der Waals surface area contributed by atoms with Crippen LogP contribution >= 0.6 is 0 Å². The molecule has 1 N–H and O–H groups in total. The minimum Gasteiger partial charge on any atom is -0.314 e. The molecule has 0 aromatic carbocycles. The van der Waals surface area contributed by atoms with Crippen LogP contribution in [0.5, 0.6) is 0 Å². The van der Waals surface area contributed by atoms with Gasteiger partial charge < -0.3 is 10.2 Å². The number of likely N-dealkylation sites (tertiary alicyclic amines) is 1. The Morgan fingerprint density at radius 1 is 1.53 bits per heavy atom. The molecule has 1 heterocycles. The Hall–Kier alpha value is 0.0700. The highest BCUT2D eigenvalue weighted by Crippen LogP contribution is 2.19. The largest absolute Gasteiger partial charge is 0.314 e. The lowest BCUT2D eigenvalue weighted by molar-refractivity contribution is 0.157. The van der Waals surface area contributed by atoms with E-state index in [2.05, 4.69) is 24.1 Å². The Morgan fingerprint density at radius 3 is 2.94 bits per heavy atom. The van der Waals surface area contributed by atoms with Gasteiger partial charge in [-0.1, -0.05) is 6.92 Å². The Kier molecular flexibility index (Phi) is 7.32. The summed E-state index contributed by atoms with van der Waals surface area (Å²) < 4.78 is 10.9. The van der Waals surface area contributed by atoms with Crippen LogP contribution in [0, 0.1) is 5.92 Å². The normalized spacial score (nSPS) is 25.7. The molecule has 1 aliphatic heterocycles. The van der Waals surface area contributed by atoms with E-state index < -0.39 is 10.8 Å². The molecule has 0 aromatic rings. The molecule has 17 heavy (non-hydrogen) atoms. The van der Waals surface area contributed by atoms with Crippen molar-refractivity contribution in [3.05, 3.63) is 0 Å². The van der Waals surface area contributed by atoms with Crippen LogP contribution in [0.25, 0.3) is 0 Å². The second kappa shape index (κ2) is 8.22. The first-order valence-corrected chi connectivity index (χ1v) is 8.62. The molecule has 1 saturated heterocycles. The van der Waals surface area contributed by atoms with Gasteiger partial charge in [-0.25, -0.2) is 0 Å². The molecule has 3 atom stereocenters. The standard InChI is InChI=1S/C13H28N2OS/c1-4-15-9-5-7-13(11-15)12(2)14-8-6-10-17(3)16/h12-14H,4-11H2,1-3H3. The summed E-state index contributed by atoms with van der Waals surface area (Å²) in [6, 6.07) is 0.592. The van der Waals surface area contributed by atoms with Gasteiger partial charge >= 0.3 is 0 Å². The average molecular weight is 260 g/mol. The summed E-state index contributed by atoms with van der Waals surface area (Å²) in [4.78, 5) is 2.55. The molecule has 4 heteroatoms. The van der Waals surface area contributed by atoms with Crippen molar-refractivity contribution in [3.8, 4) is 0 Å². The van der Waals surface area contributed by atoms with Crippen LogP contribution in [0.2, 0.25) is 0 Å². The van der Waals surface area contributed by atoms with E-state index in [1.54, 1.807) is 6.26 Å². The molecular formula is C13H28N2OS. The fourth-order valence-corrected chi connectivity index (χ4v) is 3.11. The van der Waals surface area contributed by atoms with Crippen LogP contribution in [-0.2, 0) is 10.8 Å². The van der Waals surface area contributed by atoms with Gasteiger partial charge in [0.2, 0.25) is 0 Å². The van der Waals surface area contributed by atoms with Gasteiger partial charge in [-0.3, -0.25) is 4.21 Å². The maximum atomic E-state index is 10.9. The molecule has 1 fully saturated rings. The van der Waals surface area contributed by atoms with Crippen molar-refractivity contribution in [2.45, 2.75) is 39.2 Å². The molecule has 0 aromatic heterocycles. The molecule has 0 bridgehead atoms. The van der Waals surface area contributed by atoms with Crippen molar-refractivity contribution >= 4 is 10.8 Å². The molecule has 0 amide bonds. The molecule has 0 radical (unpaired) electrons. The third-order valence-electron chi connectivity index (χ3n) is 3.77. The van der Waals surface area contributed by atoms with Crippen molar-refractivity contribution in [3.63, 3.8) is 0 Å². The van der Waals surface area contributed by atoms with E-state index in [1.807, 2.05) is 0 Å². The predicted octanol–water partition coefficient (Wildman–Crippen LogP) is 1.46. The topological polar surface area (TPSA) is 32.3 Å². The lowest BCUT2D eigenvalue weighted by atomic mass is 9.91. The van der Waals surface area contributed by atoms with Crippen LogP contribution in [0.3, 0.4) is 0 Å². The van der Waals surface area contributed by atoms with Crippen LogP contribution < -0.4 is 5.32 Å².